The van der Waals surface area contributed by atoms with Crippen LogP contribution in [0.5, 0.6) is 5.75 Å². The molecule has 1 aromatic rings. The first-order valence-corrected chi connectivity index (χ1v) is 13.5. The van der Waals surface area contributed by atoms with Gasteiger partial charge in [-0.3, -0.25) is 19.3 Å². The highest BCUT2D eigenvalue weighted by molar-refractivity contribution is 7.54. The Hall–Kier alpha value is -1.03. The molecular formula is C23H42N3O6P. The van der Waals surface area contributed by atoms with Crippen molar-refractivity contribution in [3.8, 4) is 5.75 Å². The van der Waals surface area contributed by atoms with Crippen LogP contribution in [0.3, 0.4) is 0 Å². The van der Waals surface area contributed by atoms with Gasteiger partial charge < -0.3 is 24.4 Å². The Morgan fingerprint density at radius 1 is 0.879 bits per heavy atom. The first-order valence-electron chi connectivity index (χ1n) is 11.9. The van der Waals surface area contributed by atoms with E-state index >= 15 is 0 Å². The molecule has 1 heterocycles. The van der Waals surface area contributed by atoms with Gasteiger partial charge in [-0.25, -0.2) is 0 Å². The van der Waals surface area contributed by atoms with Crippen LogP contribution in [-0.4, -0.2) is 108 Å². The predicted octanol–water partition coefficient (Wildman–Crippen LogP) is 2.34. The van der Waals surface area contributed by atoms with Crippen molar-refractivity contribution >= 4 is 7.60 Å². The Kier molecular flexibility index (Phi) is 11.8. The van der Waals surface area contributed by atoms with E-state index in [9.17, 15) is 19.9 Å². The minimum Gasteiger partial charge on any atom is -0.508 e. The molecule has 0 aromatic heterocycles. The van der Waals surface area contributed by atoms with Crippen LogP contribution >= 0.6 is 7.60 Å². The third kappa shape index (κ3) is 8.60. The summed E-state index contributed by atoms with van der Waals surface area (Å²) in [7, 11) is -3.66. The molecule has 0 amide bonds. The maximum Gasteiger partial charge on any atom is 0.352 e. The fraction of sp³-hybridized carbons (Fsp3) is 0.739. The molecule has 2 rings (SSSR count). The Morgan fingerprint density at radius 2 is 1.33 bits per heavy atom. The SMILES string of the molecule is CCOP(=O)(OCC)C(c1ccccc1O)N1CCN(C[C@H](C)O)CCN(C[C@H](C)O)CC1. The summed E-state index contributed by atoms with van der Waals surface area (Å²) in [6.45, 7) is 12.5. The molecule has 0 radical (unpaired) electrons. The van der Waals surface area contributed by atoms with E-state index in [2.05, 4.69) is 14.7 Å². The fourth-order valence-electron chi connectivity index (χ4n) is 4.33. The van der Waals surface area contributed by atoms with E-state index in [1.807, 2.05) is 0 Å². The van der Waals surface area contributed by atoms with Crippen LogP contribution in [0.1, 0.15) is 39.0 Å². The molecule has 9 nitrogen and oxygen atoms in total. The molecule has 1 fully saturated rings. The molecule has 3 N–H and O–H groups in total. The maximum atomic E-state index is 14.1. The molecule has 0 spiro atoms. The average molecular weight is 488 g/mol. The summed E-state index contributed by atoms with van der Waals surface area (Å²) in [5.74, 6) is -0.734. The number of β-amino-alcohol motifs (C(OH)–C–C–N with tert-alkyl or cyclic N) is 2. The minimum atomic E-state index is -3.66. The van der Waals surface area contributed by atoms with Crippen molar-refractivity contribution < 1.29 is 28.9 Å². The number of aromatic hydroxyl groups is 1. The third-order valence-electron chi connectivity index (χ3n) is 5.66. The molecule has 1 unspecified atom stereocenters. The van der Waals surface area contributed by atoms with Crippen molar-refractivity contribution in [3.05, 3.63) is 29.8 Å². The van der Waals surface area contributed by atoms with Crippen molar-refractivity contribution in [1.82, 2.24) is 14.7 Å². The van der Waals surface area contributed by atoms with Crippen LogP contribution in [0.4, 0.5) is 0 Å². The molecule has 3 atom stereocenters. The lowest BCUT2D eigenvalue weighted by molar-refractivity contribution is 0.102. The van der Waals surface area contributed by atoms with Gasteiger partial charge in [-0.2, -0.15) is 0 Å². The summed E-state index contributed by atoms with van der Waals surface area (Å²) in [5, 5.41) is 30.7. The van der Waals surface area contributed by atoms with E-state index < -0.39 is 25.6 Å². The minimum absolute atomic E-state index is 0.0451. The van der Waals surface area contributed by atoms with Gasteiger partial charge in [0.05, 0.1) is 25.4 Å². The van der Waals surface area contributed by atoms with Gasteiger partial charge in [0.25, 0.3) is 0 Å². The Labute approximate surface area is 198 Å². The number of aliphatic hydroxyl groups excluding tert-OH is 2. The van der Waals surface area contributed by atoms with Crippen LogP contribution in [0, 0.1) is 0 Å². The van der Waals surface area contributed by atoms with E-state index in [0.29, 0.717) is 44.8 Å². The van der Waals surface area contributed by atoms with Crippen LogP contribution in [0.2, 0.25) is 0 Å². The lowest BCUT2D eigenvalue weighted by Crippen LogP contribution is -2.41. The number of rotatable bonds is 11. The predicted molar refractivity (Wildman–Crippen MR) is 130 cm³/mol. The standard InChI is InChI=1S/C23H42N3O6P/c1-5-31-33(30,32-6-2)23(21-9-7-8-10-22(21)29)26-15-13-24(17-19(3)27)11-12-25(14-16-26)18-20(4)28/h7-10,19-20,23,27-29H,5-6,11-18H2,1-4H3/t19-,20-,23?/m0/s1. The van der Waals surface area contributed by atoms with E-state index in [-0.39, 0.29) is 19.0 Å². The molecule has 1 saturated heterocycles. The number of phenols is 1. The van der Waals surface area contributed by atoms with Crippen molar-refractivity contribution in [2.24, 2.45) is 0 Å². The van der Waals surface area contributed by atoms with Gasteiger partial charge in [0.15, 0.2) is 0 Å². The topological polar surface area (TPSA) is 106 Å². The highest BCUT2D eigenvalue weighted by atomic mass is 31.2. The zero-order chi connectivity index (χ0) is 24.4. The lowest BCUT2D eigenvalue weighted by Gasteiger charge is -2.37. The van der Waals surface area contributed by atoms with E-state index in [4.69, 9.17) is 9.05 Å². The molecule has 0 saturated carbocycles. The van der Waals surface area contributed by atoms with E-state index in [1.165, 1.54) is 0 Å². The monoisotopic (exact) mass is 487 g/mol. The number of hydrogen-bond acceptors (Lipinski definition) is 9. The third-order valence-corrected chi connectivity index (χ3v) is 8.10. The maximum absolute atomic E-state index is 14.1. The van der Waals surface area contributed by atoms with Crippen molar-refractivity contribution in [3.63, 3.8) is 0 Å². The molecule has 0 bridgehead atoms. The van der Waals surface area contributed by atoms with Gasteiger partial charge in [-0.05, 0) is 33.8 Å². The summed E-state index contributed by atoms with van der Waals surface area (Å²) in [4.78, 5) is 6.40. The Morgan fingerprint density at radius 3 is 1.76 bits per heavy atom. The van der Waals surface area contributed by atoms with Gasteiger partial charge in [-0.15, -0.1) is 0 Å². The summed E-state index contributed by atoms with van der Waals surface area (Å²) in [6, 6.07) is 6.88. The highest BCUT2D eigenvalue weighted by Crippen LogP contribution is 2.63. The Balaban J connectivity index is 2.46. The number of aliphatic hydroxyl groups is 2. The second-order valence-electron chi connectivity index (χ2n) is 8.64. The number of para-hydroxylation sites is 1. The number of benzene rings is 1. The Bertz CT molecular complexity index is 719. The zero-order valence-corrected chi connectivity index (χ0v) is 21.4. The van der Waals surface area contributed by atoms with Gasteiger partial charge >= 0.3 is 7.60 Å². The zero-order valence-electron chi connectivity index (χ0n) is 20.5. The summed E-state index contributed by atoms with van der Waals surface area (Å²) < 4.78 is 25.6. The quantitative estimate of drug-likeness (QED) is 0.406. The number of nitrogens with zero attached hydrogens (tertiary/aromatic N) is 3. The summed E-state index contributed by atoms with van der Waals surface area (Å²) in [5.41, 5.74) is 0.506. The van der Waals surface area contributed by atoms with Gasteiger partial charge in [0.2, 0.25) is 0 Å². The van der Waals surface area contributed by atoms with Crippen LogP contribution in [-0.2, 0) is 13.6 Å². The second-order valence-corrected chi connectivity index (χ2v) is 10.7. The lowest BCUT2D eigenvalue weighted by atomic mass is 10.2. The largest absolute Gasteiger partial charge is 0.508 e. The molecule has 190 valence electrons. The molecule has 1 aliphatic heterocycles. The van der Waals surface area contributed by atoms with Crippen molar-refractivity contribution in [2.75, 3.05) is 65.6 Å². The van der Waals surface area contributed by atoms with E-state index in [1.54, 1.807) is 52.0 Å². The summed E-state index contributed by atoms with van der Waals surface area (Å²) >= 11 is 0. The van der Waals surface area contributed by atoms with Gasteiger partial charge in [0.1, 0.15) is 11.5 Å². The molecule has 10 heteroatoms. The van der Waals surface area contributed by atoms with Crippen molar-refractivity contribution in [2.45, 2.75) is 45.7 Å². The first kappa shape index (κ1) is 28.2. The molecule has 0 aliphatic carbocycles. The van der Waals surface area contributed by atoms with Crippen LogP contribution < -0.4 is 0 Å². The van der Waals surface area contributed by atoms with Gasteiger partial charge in [0, 0.05) is 57.9 Å². The average Bonchev–Trinajstić information content (AvgIpc) is 2.81. The molecular weight excluding hydrogens is 445 g/mol. The molecule has 1 aromatic carbocycles. The highest BCUT2D eigenvalue weighted by Gasteiger charge is 2.42. The smallest absolute Gasteiger partial charge is 0.352 e. The van der Waals surface area contributed by atoms with Gasteiger partial charge in [-0.1, -0.05) is 18.2 Å². The first-order chi connectivity index (χ1) is 15.7. The number of phenolic OH excluding ortho intramolecular Hbond substituents is 1. The van der Waals surface area contributed by atoms with Crippen LogP contribution in [0.25, 0.3) is 0 Å². The van der Waals surface area contributed by atoms with Crippen molar-refractivity contribution in [1.29, 1.82) is 0 Å². The molecule has 1 aliphatic rings. The molecule has 33 heavy (non-hydrogen) atoms. The number of hydrogen-bond donors (Lipinski definition) is 3. The second kappa shape index (κ2) is 13.8. The fourth-order valence-corrected chi connectivity index (χ4v) is 6.59. The summed E-state index contributed by atoms with van der Waals surface area (Å²) in [6.07, 6.45) is -0.951. The van der Waals surface area contributed by atoms with Crippen LogP contribution in [0.15, 0.2) is 24.3 Å². The normalized spacial score (nSPS) is 20.5. The van der Waals surface area contributed by atoms with E-state index in [0.717, 1.165) is 13.1 Å².